The topological polar surface area (TPSA) is 84.6 Å². The normalized spacial score (nSPS) is 12.2. The zero-order valence-electron chi connectivity index (χ0n) is 11.7. The molecule has 5 heteroatoms. The van der Waals surface area contributed by atoms with Gasteiger partial charge in [0.05, 0.1) is 7.11 Å². The zero-order valence-corrected chi connectivity index (χ0v) is 11.7. The predicted molar refractivity (Wildman–Crippen MR) is 74.4 cm³/mol. The summed E-state index contributed by atoms with van der Waals surface area (Å²) in [6.45, 7) is 5.29. The van der Waals surface area contributed by atoms with Crippen LogP contribution in [0, 0.1) is 13.8 Å². The van der Waals surface area contributed by atoms with Crippen LogP contribution in [0.4, 0.5) is 0 Å². The predicted octanol–water partition coefficient (Wildman–Crippen LogP) is 1.20. The molecular formula is C14H22N2O3. The lowest BCUT2D eigenvalue weighted by Crippen LogP contribution is -2.33. The molecule has 0 fully saturated rings. The fourth-order valence-electron chi connectivity index (χ4n) is 2.08. The maximum atomic E-state index is 10.6. The van der Waals surface area contributed by atoms with Crippen LogP contribution in [0.1, 0.15) is 23.1 Å². The first kappa shape index (κ1) is 15.5. The number of hydrogen-bond acceptors (Lipinski definition) is 4. The van der Waals surface area contributed by atoms with E-state index in [0.717, 1.165) is 22.4 Å². The van der Waals surface area contributed by atoms with Crippen molar-refractivity contribution in [2.75, 3.05) is 13.7 Å². The number of nitrogens with two attached hydrogens (primary N) is 1. The molecule has 4 N–H and O–H groups in total. The number of aryl methyl sites for hydroxylation is 2. The summed E-state index contributed by atoms with van der Waals surface area (Å²) in [4.78, 5) is 10.6. The molecule has 0 spiro atoms. The molecule has 19 heavy (non-hydrogen) atoms. The van der Waals surface area contributed by atoms with E-state index >= 15 is 0 Å². The summed E-state index contributed by atoms with van der Waals surface area (Å²) in [7, 11) is 1.67. The molecule has 0 saturated carbocycles. The van der Waals surface area contributed by atoms with Crippen LogP contribution in [0.2, 0.25) is 0 Å². The average molecular weight is 266 g/mol. The highest BCUT2D eigenvalue weighted by molar-refractivity contribution is 5.72. The Morgan fingerprint density at radius 3 is 2.47 bits per heavy atom. The highest BCUT2D eigenvalue weighted by Crippen LogP contribution is 2.24. The van der Waals surface area contributed by atoms with Crippen molar-refractivity contribution in [3.05, 3.63) is 28.8 Å². The number of aliphatic carboxylic acids is 1. The summed E-state index contributed by atoms with van der Waals surface area (Å²) in [5, 5.41) is 11.9. The number of rotatable bonds is 7. The Labute approximate surface area is 113 Å². The Balaban J connectivity index is 2.48. The Hall–Kier alpha value is -1.59. The van der Waals surface area contributed by atoms with Gasteiger partial charge in [-0.1, -0.05) is 12.1 Å². The van der Waals surface area contributed by atoms with Gasteiger partial charge in [-0.2, -0.15) is 0 Å². The van der Waals surface area contributed by atoms with Gasteiger partial charge in [0.25, 0.3) is 0 Å². The second kappa shape index (κ2) is 7.11. The summed E-state index contributed by atoms with van der Waals surface area (Å²) in [5.41, 5.74) is 8.78. The van der Waals surface area contributed by atoms with E-state index in [4.69, 9.17) is 15.6 Å². The van der Waals surface area contributed by atoms with Crippen molar-refractivity contribution in [1.29, 1.82) is 0 Å². The maximum Gasteiger partial charge on any atom is 0.320 e. The number of methoxy groups -OCH3 is 1. The molecule has 0 heterocycles. The lowest BCUT2D eigenvalue weighted by molar-refractivity contribution is -0.138. The molecule has 0 aliphatic carbocycles. The molecule has 0 amide bonds. The number of carboxylic acids is 1. The molecule has 1 unspecified atom stereocenters. The van der Waals surface area contributed by atoms with E-state index in [0.29, 0.717) is 19.5 Å². The SMILES string of the molecule is COc1c(C)cc(CNCCC(N)C(=O)O)cc1C. The molecule has 1 aromatic rings. The van der Waals surface area contributed by atoms with Crippen molar-refractivity contribution in [2.24, 2.45) is 5.73 Å². The van der Waals surface area contributed by atoms with Crippen LogP contribution in [0.5, 0.6) is 5.75 Å². The van der Waals surface area contributed by atoms with Crippen molar-refractivity contribution in [3.63, 3.8) is 0 Å². The second-order valence-electron chi connectivity index (χ2n) is 4.67. The van der Waals surface area contributed by atoms with Crippen LogP contribution in [0.3, 0.4) is 0 Å². The van der Waals surface area contributed by atoms with Crippen LogP contribution in [0.15, 0.2) is 12.1 Å². The first-order chi connectivity index (χ1) is 8.95. The highest BCUT2D eigenvalue weighted by Gasteiger charge is 2.10. The first-order valence-electron chi connectivity index (χ1n) is 6.29. The zero-order chi connectivity index (χ0) is 14.4. The summed E-state index contributed by atoms with van der Waals surface area (Å²) in [5.74, 6) is -0.0467. The number of ether oxygens (including phenoxy) is 1. The van der Waals surface area contributed by atoms with E-state index in [2.05, 4.69) is 17.4 Å². The number of benzene rings is 1. The van der Waals surface area contributed by atoms with Crippen LogP contribution < -0.4 is 15.8 Å². The van der Waals surface area contributed by atoms with Gasteiger partial charge in [-0.05, 0) is 43.5 Å². The van der Waals surface area contributed by atoms with Crippen LogP contribution >= 0.6 is 0 Å². The molecule has 0 bridgehead atoms. The number of hydrogen-bond donors (Lipinski definition) is 3. The molecule has 0 aromatic heterocycles. The van der Waals surface area contributed by atoms with Gasteiger partial charge in [0.15, 0.2) is 0 Å². The standard InChI is InChI=1S/C14H22N2O3/c1-9-6-11(7-10(2)13(9)19-3)8-16-5-4-12(15)14(17)18/h6-7,12,16H,4-5,8,15H2,1-3H3,(H,17,18). The Bertz CT molecular complexity index is 423. The number of carboxylic acid groups (broad SMARTS) is 1. The van der Waals surface area contributed by atoms with Gasteiger partial charge in [-0.25, -0.2) is 0 Å². The Kier molecular flexibility index (Phi) is 5.79. The van der Waals surface area contributed by atoms with Crippen LogP contribution in [-0.4, -0.2) is 30.8 Å². The smallest absolute Gasteiger partial charge is 0.320 e. The third-order valence-corrected chi connectivity index (χ3v) is 3.00. The molecule has 0 radical (unpaired) electrons. The van der Waals surface area contributed by atoms with Gasteiger partial charge < -0.3 is 20.9 Å². The third kappa shape index (κ3) is 4.54. The maximum absolute atomic E-state index is 10.6. The molecule has 0 aliphatic rings. The van der Waals surface area contributed by atoms with Crippen molar-refractivity contribution in [1.82, 2.24) is 5.32 Å². The highest BCUT2D eigenvalue weighted by atomic mass is 16.5. The summed E-state index contributed by atoms with van der Waals surface area (Å²) in [6, 6.07) is 3.33. The summed E-state index contributed by atoms with van der Waals surface area (Å²) >= 11 is 0. The third-order valence-electron chi connectivity index (χ3n) is 3.00. The van der Waals surface area contributed by atoms with Crippen molar-refractivity contribution >= 4 is 5.97 Å². The van der Waals surface area contributed by atoms with E-state index < -0.39 is 12.0 Å². The lowest BCUT2D eigenvalue weighted by atomic mass is 10.1. The Morgan fingerprint density at radius 2 is 2.00 bits per heavy atom. The van der Waals surface area contributed by atoms with Gasteiger partial charge >= 0.3 is 5.97 Å². The molecule has 1 atom stereocenters. The van der Waals surface area contributed by atoms with E-state index in [-0.39, 0.29) is 0 Å². The molecule has 0 saturated heterocycles. The van der Waals surface area contributed by atoms with Crippen molar-refractivity contribution in [3.8, 4) is 5.75 Å². The molecule has 1 rings (SSSR count). The van der Waals surface area contributed by atoms with Crippen LogP contribution in [-0.2, 0) is 11.3 Å². The van der Waals surface area contributed by atoms with E-state index in [9.17, 15) is 4.79 Å². The van der Waals surface area contributed by atoms with E-state index in [1.807, 2.05) is 13.8 Å². The molecule has 106 valence electrons. The van der Waals surface area contributed by atoms with Gasteiger partial charge in [0.1, 0.15) is 11.8 Å². The van der Waals surface area contributed by atoms with E-state index in [1.54, 1.807) is 7.11 Å². The minimum atomic E-state index is -0.960. The molecule has 1 aromatic carbocycles. The van der Waals surface area contributed by atoms with Gasteiger partial charge in [-0.3, -0.25) is 4.79 Å². The molecular weight excluding hydrogens is 244 g/mol. The fourth-order valence-corrected chi connectivity index (χ4v) is 2.08. The number of carbonyl (C=O) groups is 1. The quantitative estimate of drug-likeness (QED) is 0.646. The van der Waals surface area contributed by atoms with Crippen molar-refractivity contribution in [2.45, 2.75) is 32.9 Å². The Morgan fingerprint density at radius 1 is 1.42 bits per heavy atom. The molecule has 0 aliphatic heterocycles. The lowest BCUT2D eigenvalue weighted by Gasteiger charge is -2.12. The van der Waals surface area contributed by atoms with Gasteiger partial charge in [0, 0.05) is 6.54 Å². The first-order valence-corrected chi connectivity index (χ1v) is 6.29. The monoisotopic (exact) mass is 266 g/mol. The minimum Gasteiger partial charge on any atom is -0.496 e. The van der Waals surface area contributed by atoms with Crippen LogP contribution in [0.25, 0.3) is 0 Å². The largest absolute Gasteiger partial charge is 0.496 e. The fraction of sp³-hybridized carbons (Fsp3) is 0.500. The van der Waals surface area contributed by atoms with E-state index in [1.165, 1.54) is 0 Å². The van der Waals surface area contributed by atoms with Crippen molar-refractivity contribution < 1.29 is 14.6 Å². The minimum absolute atomic E-state index is 0.420. The second-order valence-corrected chi connectivity index (χ2v) is 4.67. The van der Waals surface area contributed by atoms with Gasteiger partial charge in [-0.15, -0.1) is 0 Å². The summed E-state index contributed by atoms with van der Waals surface area (Å²) in [6.07, 6.45) is 0.420. The average Bonchev–Trinajstić information content (AvgIpc) is 2.34. The molecule has 5 nitrogen and oxygen atoms in total. The number of nitrogens with one attached hydrogen (secondary N) is 1. The van der Waals surface area contributed by atoms with Gasteiger partial charge in [0.2, 0.25) is 0 Å². The summed E-state index contributed by atoms with van der Waals surface area (Å²) < 4.78 is 5.31.